The zero-order valence-corrected chi connectivity index (χ0v) is 12.9. The van der Waals surface area contributed by atoms with E-state index < -0.39 is 6.10 Å². The maximum atomic E-state index is 10.2. The van der Waals surface area contributed by atoms with E-state index in [0.29, 0.717) is 6.54 Å². The average molecular weight is 285 g/mol. The Hall–Kier alpha value is -1.84. The van der Waals surface area contributed by atoms with Gasteiger partial charge in [-0.25, -0.2) is 0 Å². The third kappa shape index (κ3) is 4.31. The largest absolute Gasteiger partial charge is 0.497 e. The third-order valence-electron chi connectivity index (χ3n) is 3.74. The average Bonchev–Trinajstić information content (AvgIpc) is 2.51. The smallest absolute Gasteiger partial charge is 0.118 e. The number of hydrogen-bond donors (Lipinski definition) is 2. The van der Waals surface area contributed by atoms with Gasteiger partial charge in [-0.05, 0) is 48.2 Å². The zero-order chi connectivity index (χ0) is 15.2. The number of rotatable bonds is 6. The van der Waals surface area contributed by atoms with Gasteiger partial charge in [-0.2, -0.15) is 0 Å². The van der Waals surface area contributed by atoms with E-state index in [0.717, 1.165) is 17.9 Å². The van der Waals surface area contributed by atoms with E-state index >= 15 is 0 Å². The Balaban J connectivity index is 1.85. The lowest BCUT2D eigenvalue weighted by molar-refractivity contribution is 0.174. The second kappa shape index (κ2) is 7.25. The highest BCUT2D eigenvalue weighted by molar-refractivity contribution is 5.30. The van der Waals surface area contributed by atoms with Crippen molar-refractivity contribution in [1.29, 1.82) is 0 Å². The summed E-state index contributed by atoms with van der Waals surface area (Å²) in [4.78, 5) is 0. The summed E-state index contributed by atoms with van der Waals surface area (Å²) in [5.41, 5.74) is 4.73. The molecule has 1 unspecified atom stereocenters. The minimum absolute atomic E-state index is 0.512. The molecular formula is C18H23NO2. The molecule has 21 heavy (non-hydrogen) atoms. The first-order chi connectivity index (χ1) is 10.1. The molecule has 2 rings (SSSR count). The summed E-state index contributed by atoms with van der Waals surface area (Å²) in [6.45, 7) is 5.51. The van der Waals surface area contributed by atoms with E-state index in [4.69, 9.17) is 4.74 Å². The zero-order valence-electron chi connectivity index (χ0n) is 12.9. The molecule has 0 aliphatic rings. The Labute approximate surface area is 126 Å². The van der Waals surface area contributed by atoms with Gasteiger partial charge in [0, 0.05) is 13.1 Å². The lowest BCUT2D eigenvalue weighted by Gasteiger charge is -2.13. The minimum Gasteiger partial charge on any atom is -0.497 e. The van der Waals surface area contributed by atoms with E-state index in [9.17, 15) is 5.11 Å². The summed E-state index contributed by atoms with van der Waals surface area (Å²) >= 11 is 0. The fourth-order valence-corrected chi connectivity index (χ4v) is 2.21. The minimum atomic E-state index is -0.512. The van der Waals surface area contributed by atoms with Crippen molar-refractivity contribution < 1.29 is 9.84 Å². The van der Waals surface area contributed by atoms with Crippen LogP contribution in [0.3, 0.4) is 0 Å². The van der Waals surface area contributed by atoms with Gasteiger partial charge < -0.3 is 15.2 Å². The second-order valence-corrected chi connectivity index (χ2v) is 5.34. The van der Waals surface area contributed by atoms with Crippen LogP contribution in [0.5, 0.6) is 5.75 Å². The molecule has 0 amide bonds. The predicted octanol–water partition coefficient (Wildman–Crippen LogP) is 3.14. The topological polar surface area (TPSA) is 41.5 Å². The number of methoxy groups -OCH3 is 1. The molecular weight excluding hydrogens is 262 g/mol. The highest BCUT2D eigenvalue weighted by Crippen LogP contribution is 2.17. The highest BCUT2D eigenvalue weighted by atomic mass is 16.5. The molecule has 0 aliphatic heterocycles. The lowest BCUT2D eigenvalue weighted by atomic mass is 10.1. The molecule has 0 saturated carbocycles. The maximum absolute atomic E-state index is 10.2. The first-order valence-corrected chi connectivity index (χ1v) is 7.19. The second-order valence-electron chi connectivity index (χ2n) is 5.34. The quantitative estimate of drug-likeness (QED) is 0.857. The Bertz CT molecular complexity index is 578. The van der Waals surface area contributed by atoms with E-state index in [1.807, 2.05) is 24.3 Å². The monoisotopic (exact) mass is 285 g/mol. The molecule has 3 heteroatoms. The number of ether oxygens (including phenoxy) is 1. The van der Waals surface area contributed by atoms with Crippen LogP contribution < -0.4 is 10.1 Å². The first-order valence-electron chi connectivity index (χ1n) is 7.19. The van der Waals surface area contributed by atoms with Crippen LogP contribution in [-0.4, -0.2) is 18.8 Å². The van der Waals surface area contributed by atoms with E-state index in [1.165, 1.54) is 16.7 Å². The molecule has 2 aromatic rings. The van der Waals surface area contributed by atoms with Crippen molar-refractivity contribution in [3.8, 4) is 5.75 Å². The van der Waals surface area contributed by atoms with Gasteiger partial charge in [-0.1, -0.05) is 30.3 Å². The van der Waals surface area contributed by atoms with E-state index in [2.05, 4.69) is 37.4 Å². The van der Waals surface area contributed by atoms with Gasteiger partial charge in [0.1, 0.15) is 5.75 Å². The van der Waals surface area contributed by atoms with Crippen LogP contribution in [0, 0.1) is 13.8 Å². The SMILES string of the molecule is COc1ccc(C(O)CNCc2ccc(C)c(C)c2)cc1. The van der Waals surface area contributed by atoms with Gasteiger partial charge in [-0.3, -0.25) is 0 Å². The number of hydrogen-bond acceptors (Lipinski definition) is 3. The van der Waals surface area contributed by atoms with Crippen LogP contribution >= 0.6 is 0 Å². The molecule has 0 aliphatic carbocycles. The number of nitrogens with one attached hydrogen (secondary N) is 1. The van der Waals surface area contributed by atoms with Gasteiger partial charge in [-0.15, -0.1) is 0 Å². The molecule has 0 fully saturated rings. The van der Waals surface area contributed by atoms with Crippen molar-refractivity contribution in [3.63, 3.8) is 0 Å². The molecule has 0 spiro atoms. The summed E-state index contributed by atoms with van der Waals surface area (Å²) in [7, 11) is 1.64. The molecule has 0 saturated heterocycles. The van der Waals surface area contributed by atoms with Crippen molar-refractivity contribution in [1.82, 2.24) is 5.32 Å². The molecule has 3 nitrogen and oxygen atoms in total. The molecule has 112 valence electrons. The van der Waals surface area contributed by atoms with Crippen molar-refractivity contribution in [3.05, 3.63) is 64.7 Å². The van der Waals surface area contributed by atoms with Crippen LogP contribution in [0.25, 0.3) is 0 Å². The van der Waals surface area contributed by atoms with Crippen LogP contribution in [0.15, 0.2) is 42.5 Å². The summed E-state index contributed by atoms with van der Waals surface area (Å²) in [6, 6.07) is 13.9. The van der Waals surface area contributed by atoms with Crippen molar-refractivity contribution in [2.75, 3.05) is 13.7 Å². The fourth-order valence-electron chi connectivity index (χ4n) is 2.21. The fraction of sp³-hybridized carbons (Fsp3) is 0.333. The molecule has 0 heterocycles. The molecule has 2 N–H and O–H groups in total. The number of aliphatic hydroxyl groups excluding tert-OH is 1. The van der Waals surface area contributed by atoms with Crippen molar-refractivity contribution in [2.24, 2.45) is 0 Å². The van der Waals surface area contributed by atoms with Gasteiger partial charge in [0.05, 0.1) is 13.2 Å². The number of aryl methyl sites for hydroxylation is 2. The molecule has 2 aromatic carbocycles. The summed E-state index contributed by atoms with van der Waals surface area (Å²) in [5.74, 6) is 0.800. The summed E-state index contributed by atoms with van der Waals surface area (Å²) < 4.78 is 5.11. The van der Waals surface area contributed by atoms with Crippen LogP contribution in [0.1, 0.15) is 28.4 Å². The lowest BCUT2D eigenvalue weighted by Crippen LogP contribution is -2.21. The van der Waals surface area contributed by atoms with Crippen molar-refractivity contribution >= 4 is 0 Å². The van der Waals surface area contributed by atoms with Gasteiger partial charge in [0.15, 0.2) is 0 Å². The number of benzene rings is 2. The Morgan fingerprint density at radius 1 is 1.05 bits per heavy atom. The standard InChI is InChI=1S/C18H23NO2/c1-13-4-5-15(10-14(13)2)11-19-12-18(20)16-6-8-17(21-3)9-7-16/h4-10,18-20H,11-12H2,1-3H3. The summed E-state index contributed by atoms with van der Waals surface area (Å²) in [5, 5.41) is 13.5. The Morgan fingerprint density at radius 3 is 2.38 bits per heavy atom. The number of aliphatic hydroxyl groups is 1. The van der Waals surface area contributed by atoms with Gasteiger partial charge in [0.25, 0.3) is 0 Å². The molecule has 1 atom stereocenters. The highest BCUT2D eigenvalue weighted by Gasteiger charge is 2.07. The normalized spacial score (nSPS) is 12.2. The van der Waals surface area contributed by atoms with Gasteiger partial charge in [0.2, 0.25) is 0 Å². The maximum Gasteiger partial charge on any atom is 0.118 e. The van der Waals surface area contributed by atoms with Crippen LogP contribution in [0.2, 0.25) is 0 Å². The van der Waals surface area contributed by atoms with Crippen LogP contribution in [-0.2, 0) is 6.54 Å². The van der Waals surface area contributed by atoms with Gasteiger partial charge >= 0.3 is 0 Å². The third-order valence-corrected chi connectivity index (χ3v) is 3.74. The van der Waals surface area contributed by atoms with Crippen molar-refractivity contribution in [2.45, 2.75) is 26.5 Å². The predicted molar refractivity (Wildman–Crippen MR) is 85.6 cm³/mol. The van der Waals surface area contributed by atoms with E-state index in [1.54, 1.807) is 7.11 Å². The van der Waals surface area contributed by atoms with Crippen LogP contribution in [0.4, 0.5) is 0 Å². The molecule has 0 bridgehead atoms. The van der Waals surface area contributed by atoms with E-state index in [-0.39, 0.29) is 0 Å². The first kappa shape index (κ1) is 15.5. The summed E-state index contributed by atoms with van der Waals surface area (Å²) in [6.07, 6.45) is -0.512. The Kier molecular flexibility index (Phi) is 5.37. The molecule has 0 radical (unpaired) electrons. The molecule has 0 aromatic heterocycles. The Morgan fingerprint density at radius 2 is 1.76 bits per heavy atom.